The number of rotatable bonds is 5. The molecule has 0 saturated heterocycles. The van der Waals surface area contributed by atoms with Gasteiger partial charge in [-0.25, -0.2) is 5.06 Å². The molecule has 0 radical (unpaired) electrons. The third-order valence-electron chi connectivity index (χ3n) is 3.75. The first-order valence-corrected chi connectivity index (χ1v) is 7.48. The molecule has 4 heteroatoms. The number of para-hydroxylation sites is 1. The lowest BCUT2D eigenvalue weighted by Gasteiger charge is -2.35. The number of anilines is 2. The number of benzene rings is 1. The summed E-state index contributed by atoms with van der Waals surface area (Å²) in [5.74, 6) is 0. The lowest BCUT2D eigenvalue weighted by Crippen LogP contribution is -2.33. The molecule has 1 aliphatic heterocycles. The molecule has 2 aromatic rings. The second-order valence-electron chi connectivity index (χ2n) is 5.31. The van der Waals surface area contributed by atoms with Crippen LogP contribution in [0.2, 0.25) is 0 Å². The van der Waals surface area contributed by atoms with Crippen LogP contribution in [0.1, 0.15) is 18.4 Å². The molecular formula is C17H21N3O. The Hall–Kier alpha value is -1.91. The zero-order valence-corrected chi connectivity index (χ0v) is 12.3. The van der Waals surface area contributed by atoms with Crippen LogP contribution in [-0.2, 0) is 11.3 Å². The van der Waals surface area contributed by atoms with Gasteiger partial charge in [0.2, 0.25) is 0 Å². The van der Waals surface area contributed by atoms with Crippen LogP contribution in [0.4, 0.5) is 11.4 Å². The summed E-state index contributed by atoms with van der Waals surface area (Å²) in [6.07, 6.45) is 6.97. The Balaban J connectivity index is 1.84. The smallest absolute Gasteiger partial charge is 0.0902 e. The van der Waals surface area contributed by atoms with E-state index in [1.54, 1.807) is 6.20 Å². The third-order valence-corrected chi connectivity index (χ3v) is 3.75. The molecule has 1 N–H and O–H groups in total. The Bertz CT molecular complexity index is 573. The number of fused-ring (bicyclic) bond motifs is 1. The summed E-state index contributed by atoms with van der Waals surface area (Å²) in [6, 6.07) is 12.4. The van der Waals surface area contributed by atoms with E-state index in [2.05, 4.69) is 28.5 Å². The summed E-state index contributed by atoms with van der Waals surface area (Å²) < 4.78 is 0. The average Bonchev–Trinajstić information content (AvgIpc) is 2.55. The molecule has 3 rings (SSSR count). The van der Waals surface area contributed by atoms with Gasteiger partial charge in [-0.3, -0.25) is 9.82 Å². The van der Waals surface area contributed by atoms with Crippen LogP contribution in [0.15, 0.2) is 48.8 Å². The zero-order chi connectivity index (χ0) is 14.5. The fraction of sp³-hybridized carbons (Fsp3) is 0.353. The van der Waals surface area contributed by atoms with Crippen LogP contribution in [0.25, 0.3) is 0 Å². The SMILES string of the molecule is CNCCCC1Cc2ccccc2N(c2cccnc2)O1. The van der Waals surface area contributed by atoms with Gasteiger partial charge in [0.25, 0.3) is 0 Å². The first kappa shape index (κ1) is 14.0. The van der Waals surface area contributed by atoms with Crippen LogP contribution < -0.4 is 10.4 Å². The van der Waals surface area contributed by atoms with E-state index in [0.717, 1.165) is 37.2 Å². The Kier molecular flexibility index (Phi) is 4.48. The van der Waals surface area contributed by atoms with E-state index in [4.69, 9.17) is 4.84 Å². The van der Waals surface area contributed by atoms with Crippen molar-refractivity contribution in [2.45, 2.75) is 25.4 Å². The van der Waals surface area contributed by atoms with E-state index in [1.807, 2.05) is 36.5 Å². The van der Waals surface area contributed by atoms with E-state index >= 15 is 0 Å². The molecule has 1 aliphatic rings. The predicted octanol–water partition coefficient (Wildman–Crippen LogP) is 3.08. The van der Waals surface area contributed by atoms with Crippen molar-refractivity contribution in [1.29, 1.82) is 0 Å². The van der Waals surface area contributed by atoms with Gasteiger partial charge >= 0.3 is 0 Å². The molecule has 0 spiro atoms. The van der Waals surface area contributed by atoms with Gasteiger partial charge in [0.15, 0.2) is 0 Å². The van der Waals surface area contributed by atoms with E-state index in [1.165, 1.54) is 5.56 Å². The molecule has 4 nitrogen and oxygen atoms in total. The van der Waals surface area contributed by atoms with Gasteiger partial charge in [0.05, 0.1) is 23.7 Å². The average molecular weight is 283 g/mol. The summed E-state index contributed by atoms with van der Waals surface area (Å²) in [5, 5.41) is 5.12. The van der Waals surface area contributed by atoms with Crippen molar-refractivity contribution < 1.29 is 4.84 Å². The predicted molar refractivity (Wildman–Crippen MR) is 84.6 cm³/mol. The monoisotopic (exact) mass is 283 g/mol. The standard InChI is InChI=1S/C17H21N3O/c1-18-10-5-8-16-12-14-6-2-3-9-17(14)20(21-16)15-7-4-11-19-13-15/h2-4,6-7,9,11,13,16,18H,5,8,10,12H2,1H3. The molecule has 21 heavy (non-hydrogen) atoms. The molecule has 0 saturated carbocycles. The summed E-state index contributed by atoms with van der Waals surface area (Å²) >= 11 is 0. The molecule has 0 aliphatic carbocycles. The van der Waals surface area contributed by atoms with Crippen molar-refractivity contribution in [2.75, 3.05) is 18.7 Å². The first-order chi connectivity index (χ1) is 10.4. The normalized spacial score (nSPS) is 17.6. The molecule has 1 aromatic heterocycles. The van der Waals surface area contributed by atoms with Gasteiger partial charge in [-0.1, -0.05) is 18.2 Å². The Morgan fingerprint density at radius 1 is 1.29 bits per heavy atom. The fourth-order valence-electron chi connectivity index (χ4n) is 2.71. The highest BCUT2D eigenvalue weighted by Crippen LogP contribution is 2.35. The molecule has 2 heterocycles. The minimum absolute atomic E-state index is 0.216. The van der Waals surface area contributed by atoms with E-state index < -0.39 is 0 Å². The Morgan fingerprint density at radius 2 is 2.19 bits per heavy atom. The summed E-state index contributed by atoms with van der Waals surface area (Å²) in [7, 11) is 1.99. The van der Waals surface area contributed by atoms with Gasteiger partial charge in [0, 0.05) is 12.6 Å². The molecule has 1 atom stereocenters. The quantitative estimate of drug-likeness (QED) is 0.856. The van der Waals surface area contributed by atoms with Gasteiger partial charge in [0.1, 0.15) is 0 Å². The third kappa shape index (κ3) is 3.23. The molecule has 0 amide bonds. The second-order valence-corrected chi connectivity index (χ2v) is 5.31. The minimum Gasteiger partial charge on any atom is -0.320 e. The summed E-state index contributed by atoms with van der Waals surface area (Å²) in [6.45, 7) is 1.02. The van der Waals surface area contributed by atoms with Crippen molar-refractivity contribution in [3.63, 3.8) is 0 Å². The number of pyridine rings is 1. The summed E-state index contributed by atoms with van der Waals surface area (Å²) in [5.41, 5.74) is 3.43. The molecule has 1 aromatic carbocycles. The second kappa shape index (κ2) is 6.70. The molecule has 1 unspecified atom stereocenters. The Labute approximate surface area is 125 Å². The minimum atomic E-state index is 0.216. The molecular weight excluding hydrogens is 262 g/mol. The highest BCUT2D eigenvalue weighted by Gasteiger charge is 2.26. The van der Waals surface area contributed by atoms with Crippen molar-refractivity contribution in [2.24, 2.45) is 0 Å². The largest absolute Gasteiger partial charge is 0.320 e. The zero-order valence-electron chi connectivity index (χ0n) is 12.3. The maximum Gasteiger partial charge on any atom is 0.0902 e. The van der Waals surface area contributed by atoms with Crippen LogP contribution >= 0.6 is 0 Å². The molecule has 110 valence electrons. The van der Waals surface area contributed by atoms with Crippen molar-refractivity contribution >= 4 is 11.4 Å². The van der Waals surface area contributed by atoms with Gasteiger partial charge < -0.3 is 5.32 Å². The van der Waals surface area contributed by atoms with Crippen molar-refractivity contribution in [1.82, 2.24) is 10.3 Å². The van der Waals surface area contributed by atoms with Gasteiger partial charge in [-0.15, -0.1) is 0 Å². The van der Waals surface area contributed by atoms with Crippen LogP contribution in [-0.4, -0.2) is 24.7 Å². The van der Waals surface area contributed by atoms with Crippen LogP contribution in [0.3, 0.4) is 0 Å². The molecule has 0 fully saturated rings. The lowest BCUT2D eigenvalue weighted by molar-refractivity contribution is 0.0368. The number of hydrogen-bond donors (Lipinski definition) is 1. The number of nitrogens with zero attached hydrogens (tertiary/aromatic N) is 2. The topological polar surface area (TPSA) is 37.4 Å². The lowest BCUT2D eigenvalue weighted by atomic mass is 10.0. The number of nitrogens with one attached hydrogen (secondary N) is 1. The first-order valence-electron chi connectivity index (χ1n) is 7.48. The maximum atomic E-state index is 6.21. The van der Waals surface area contributed by atoms with E-state index in [0.29, 0.717) is 0 Å². The van der Waals surface area contributed by atoms with Crippen LogP contribution in [0.5, 0.6) is 0 Å². The number of aromatic nitrogens is 1. The van der Waals surface area contributed by atoms with Crippen LogP contribution in [0, 0.1) is 0 Å². The highest BCUT2D eigenvalue weighted by molar-refractivity contribution is 5.64. The van der Waals surface area contributed by atoms with E-state index in [-0.39, 0.29) is 6.10 Å². The highest BCUT2D eigenvalue weighted by atomic mass is 16.7. The number of hydrogen-bond acceptors (Lipinski definition) is 4. The Morgan fingerprint density at radius 3 is 3.00 bits per heavy atom. The molecule has 0 bridgehead atoms. The van der Waals surface area contributed by atoms with E-state index in [9.17, 15) is 0 Å². The van der Waals surface area contributed by atoms with Gasteiger partial charge in [-0.2, -0.15) is 0 Å². The van der Waals surface area contributed by atoms with Crippen molar-refractivity contribution in [3.8, 4) is 0 Å². The summed E-state index contributed by atoms with van der Waals surface area (Å²) in [4.78, 5) is 10.4. The fourth-order valence-corrected chi connectivity index (χ4v) is 2.71. The van der Waals surface area contributed by atoms with Gasteiger partial charge in [-0.05, 0) is 50.2 Å². The van der Waals surface area contributed by atoms with Crippen molar-refractivity contribution in [3.05, 3.63) is 54.4 Å². The maximum absolute atomic E-state index is 6.21.